The van der Waals surface area contributed by atoms with Crippen molar-refractivity contribution in [2.45, 2.75) is 19.4 Å². The number of aromatic hydroxyl groups is 1. The van der Waals surface area contributed by atoms with Crippen LogP contribution in [-0.2, 0) is 6.54 Å². The first-order valence-electron chi connectivity index (χ1n) is 11.9. The molecule has 0 atom stereocenters. The zero-order chi connectivity index (χ0) is 25.8. The SMILES string of the molecule is NC1=C(NC(=O)c2ccc(CNC(=O)c3[nH]c(-c4ccsc4)cc3-c3ccc(O)cc3)cc2)C=CCC1. The number of H-pyrrole nitrogens is 1. The largest absolute Gasteiger partial charge is 0.508 e. The molecule has 6 N–H and O–H groups in total. The van der Waals surface area contributed by atoms with Gasteiger partial charge in [-0.2, -0.15) is 11.3 Å². The van der Waals surface area contributed by atoms with Crippen LogP contribution in [0.15, 0.2) is 95.0 Å². The van der Waals surface area contributed by atoms with Gasteiger partial charge in [-0.1, -0.05) is 30.3 Å². The third-order valence-corrected chi connectivity index (χ3v) is 6.87. The molecule has 0 saturated carbocycles. The smallest absolute Gasteiger partial charge is 0.268 e. The number of carbonyl (C=O) groups is 2. The number of rotatable bonds is 7. The van der Waals surface area contributed by atoms with Crippen LogP contribution in [0.25, 0.3) is 22.4 Å². The highest BCUT2D eigenvalue weighted by Gasteiger charge is 2.18. The van der Waals surface area contributed by atoms with Crippen molar-refractivity contribution in [1.29, 1.82) is 0 Å². The Bertz CT molecular complexity index is 1480. The molecule has 0 spiro atoms. The number of nitrogens with two attached hydrogens (primary N) is 1. The molecule has 7 nitrogen and oxygen atoms in total. The number of aromatic amines is 1. The molecule has 5 rings (SSSR count). The summed E-state index contributed by atoms with van der Waals surface area (Å²) in [5.74, 6) is -0.320. The molecule has 0 aliphatic heterocycles. The maximum atomic E-state index is 13.2. The summed E-state index contributed by atoms with van der Waals surface area (Å²) in [4.78, 5) is 29.1. The average molecular weight is 511 g/mol. The molecular weight excluding hydrogens is 484 g/mol. The summed E-state index contributed by atoms with van der Waals surface area (Å²) in [5, 5.41) is 19.5. The molecule has 1 aliphatic rings. The van der Waals surface area contributed by atoms with E-state index < -0.39 is 0 Å². The molecule has 8 heteroatoms. The van der Waals surface area contributed by atoms with Crippen molar-refractivity contribution in [3.8, 4) is 28.1 Å². The summed E-state index contributed by atoms with van der Waals surface area (Å²) in [6.07, 6.45) is 5.42. The Hall–Kier alpha value is -4.56. The summed E-state index contributed by atoms with van der Waals surface area (Å²) >= 11 is 1.58. The van der Waals surface area contributed by atoms with E-state index in [2.05, 4.69) is 15.6 Å². The normalized spacial score (nSPS) is 13.0. The fourth-order valence-electron chi connectivity index (χ4n) is 4.12. The quantitative estimate of drug-likeness (QED) is 0.232. The van der Waals surface area contributed by atoms with Crippen LogP contribution in [0, 0.1) is 0 Å². The Balaban J connectivity index is 1.29. The van der Waals surface area contributed by atoms with Gasteiger partial charge in [0.1, 0.15) is 11.4 Å². The molecule has 0 radical (unpaired) electrons. The molecule has 2 aromatic carbocycles. The molecule has 0 saturated heterocycles. The summed E-state index contributed by atoms with van der Waals surface area (Å²) in [5.41, 5.74) is 12.5. The van der Waals surface area contributed by atoms with Gasteiger partial charge < -0.3 is 26.5 Å². The van der Waals surface area contributed by atoms with Crippen LogP contribution in [0.4, 0.5) is 0 Å². The number of aromatic nitrogens is 1. The maximum Gasteiger partial charge on any atom is 0.268 e. The van der Waals surface area contributed by atoms with Gasteiger partial charge >= 0.3 is 0 Å². The Kier molecular flexibility index (Phi) is 6.91. The van der Waals surface area contributed by atoms with Crippen LogP contribution in [0.2, 0.25) is 0 Å². The third kappa shape index (κ3) is 5.49. The minimum absolute atomic E-state index is 0.163. The summed E-state index contributed by atoms with van der Waals surface area (Å²) in [7, 11) is 0. The lowest BCUT2D eigenvalue weighted by atomic mass is 10.0. The zero-order valence-electron chi connectivity index (χ0n) is 20.0. The van der Waals surface area contributed by atoms with Crippen LogP contribution in [-0.4, -0.2) is 21.9 Å². The Morgan fingerprint density at radius 3 is 2.49 bits per heavy atom. The van der Waals surface area contributed by atoms with Crippen molar-refractivity contribution in [3.05, 3.63) is 112 Å². The first-order valence-corrected chi connectivity index (χ1v) is 12.8. The summed E-state index contributed by atoms with van der Waals surface area (Å²) in [6, 6.07) is 17.8. The molecule has 0 bridgehead atoms. The van der Waals surface area contributed by atoms with Gasteiger partial charge in [-0.25, -0.2) is 0 Å². The second kappa shape index (κ2) is 10.6. The molecule has 37 heavy (non-hydrogen) atoms. The van der Waals surface area contributed by atoms with Crippen LogP contribution < -0.4 is 16.4 Å². The lowest BCUT2D eigenvalue weighted by molar-refractivity contribution is 0.0943. The van der Waals surface area contributed by atoms with Crippen molar-refractivity contribution in [1.82, 2.24) is 15.6 Å². The van der Waals surface area contributed by atoms with E-state index in [1.54, 1.807) is 47.7 Å². The van der Waals surface area contributed by atoms with E-state index in [1.807, 2.05) is 47.2 Å². The van der Waals surface area contributed by atoms with Gasteiger partial charge in [-0.05, 0) is 71.8 Å². The second-order valence-corrected chi connectivity index (χ2v) is 9.52. The molecule has 4 aromatic rings. The van der Waals surface area contributed by atoms with Gasteiger partial charge in [0, 0.05) is 40.0 Å². The number of nitrogens with one attached hydrogen (secondary N) is 3. The minimum atomic E-state index is -0.252. The van der Waals surface area contributed by atoms with Gasteiger partial charge in [-0.15, -0.1) is 0 Å². The van der Waals surface area contributed by atoms with Gasteiger partial charge in [0.05, 0.1) is 5.70 Å². The standard InChI is InChI=1S/C29H26N4O3S/c30-24-3-1-2-4-25(24)33-28(35)20-7-5-18(6-8-20)16-31-29(36)27-23(19-9-11-22(34)12-10-19)15-26(32-27)21-13-14-37-17-21/h2,4-15,17,32,34H,1,3,16,30H2,(H,31,36)(H,33,35). The fourth-order valence-corrected chi connectivity index (χ4v) is 4.77. The number of amides is 2. The summed E-state index contributed by atoms with van der Waals surface area (Å²) < 4.78 is 0. The van der Waals surface area contributed by atoms with Crippen LogP contribution in [0.5, 0.6) is 5.75 Å². The van der Waals surface area contributed by atoms with E-state index in [-0.39, 0.29) is 17.6 Å². The number of thiophene rings is 1. The van der Waals surface area contributed by atoms with Gasteiger partial charge in [0.2, 0.25) is 0 Å². The predicted molar refractivity (Wildman–Crippen MR) is 146 cm³/mol. The van der Waals surface area contributed by atoms with Crippen LogP contribution in [0.1, 0.15) is 39.3 Å². The number of phenols is 1. The highest BCUT2D eigenvalue weighted by Crippen LogP contribution is 2.31. The Labute approximate surface area is 218 Å². The molecule has 2 amide bonds. The Morgan fingerprint density at radius 1 is 1.00 bits per heavy atom. The van der Waals surface area contributed by atoms with Crippen LogP contribution in [0.3, 0.4) is 0 Å². The average Bonchev–Trinajstić information content (AvgIpc) is 3.60. The second-order valence-electron chi connectivity index (χ2n) is 8.74. The van der Waals surface area contributed by atoms with E-state index in [9.17, 15) is 14.7 Å². The van der Waals surface area contributed by atoms with Crippen molar-refractivity contribution < 1.29 is 14.7 Å². The minimum Gasteiger partial charge on any atom is -0.508 e. The van der Waals surface area contributed by atoms with Gasteiger partial charge in [0.15, 0.2) is 0 Å². The number of allylic oxidation sites excluding steroid dienone is 3. The molecule has 0 fully saturated rings. The highest BCUT2D eigenvalue weighted by atomic mass is 32.1. The Morgan fingerprint density at radius 2 is 1.78 bits per heavy atom. The number of benzene rings is 2. The van der Waals surface area contributed by atoms with Gasteiger partial charge in [-0.3, -0.25) is 9.59 Å². The summed E-state index contributed by atoms with van der Waals surface area (Å²) in [6.45, 7) is 0.295. The number of carbonyl (C=O) groups excluding carboxylic acids is 2. The van der Waals surface area contributed by atoms with Gasteiger partial charge in [0.25, 0.3) is 11.8 Å². The van der Waals surface area contributed by atoms with E-state index in [0.717, 1.165) is 40.8 Å². The molecule has 186 valence electrons. The maximum absolute atomic E-state index is 13.2. The van der Waals surface area contributed by atoms with Crippen LogP contribution >= 0.6 is 11.3 Å². The highest BCUT2D eigenvalue weighted by molar-refractivity contribution is 7.08. The number of phenolic OH excluding ortho intramolecular Hbond substituents is 1. The van der Waals surface area contributed by atoms with Crippen molar-refractivity contribution in [2.24, 2.45) is 5.73 Å². The monoisotopic (exact) mass is 510 g/mol. The predicted octanol–water partition coefficient (Wildman–Crippen LogP) is 5.30. The first-order chi connectivity index (χ1) is 18.0. The van der Waals surface area contributed by atoms with E-state index in [4.69, 9.17) is 5.73 Å². The topological polar surface area (TPSA) is 120 Å². The molecule has 0 unspecified atom stereocenters. The van der Waals surface area contributed by atoms with Crippen molar-refractivity contribution >= 4 is 23.2 Å². The lowest BCUT2D eigenvalue weighted by Gasteiger charge is -2.13. The van der Waals surface area contributed by atoms with Crippen molar-refractivity contribution in [3.63, 3.8) is 0 Å². The third-order valence-electron chi connectivity index (χ3n) is 6.18. The van der Waals surface area contributed by atoms with Crippen molar-refractivity contribution in [2.75, 3.05) is 0 Å². The first kappa shape index (κ1) is 24.1. The zero-order valence-corrected chi connectivity index (χ0v) is 20.8. The van der Waals surface area contributed by atoms with E-state index >= 15 is 0 Å². The lowest BCUT2D eigenvalue weighted by Crippen LogP contribution is -2.26. The molecule has 2 aromatic heterocycles. The molecule has 1 aliphatic carbocycles. The number of hydrogen-bond donors (Lipinski definition) is 5. The molecular formula is C29H26N4O3S. The van der Waals surface area contributed by atoms with E-state index in [1.165, 1.54) is 0 Å². The van der Waals surface area contributed by atoms with E-state index in [0.29, 0.717) is 29.2 Å². The molecule has 2 heterocycles. The fraction of sp³-hybridized carbons (Fsp3) is 0.103. The number of hydrogen-bond acceptors (Lipinski definition) is 5.